The van der Waals surface area contributed by atoms with Gasteiger partial charge < -0.3 is 5.11 Å². The van der Waals surface area contributed by atoms with Crippen molar-refractivity contribution in [2.75, 3.05) is 6.54 Å². The Kier molecular flexibility index (Phi) is 3.58. The highest BCUT2D eigenvalue weighted by Gasteiger charge is 2.35. The number of nitrogens with zero attached hydrogens (tertiary/aromatic N) is 3. The van der Waals surface area contributed by atoms with E-state index in [0.29, 0.717) is 18.7 Å². The van der Waals surface area contributed by atoms with Gasteiger partial charge in [-0.3, -0.25) is 9.69 Å². The first kappa shape index (κ1) is 12.5. The monoisotopic (exact) mass is 245 g/mol. The molecule has 2 unspecified atom stereocenters. The first-order valence-corrected chi connectivity index (χ1v) is 5.93. The van der Waals surface area contributed by atoms with Crippen molar-refractivity contribution in [1.82, 2.24) is 9.88 Å². The fourth-order valence-corrected chi connectivity index (χ4v) is 2.43. The van der Waals surface area contributed by atoms with Gasteiger partial charge in [0.25, 0.3) is 0 Å². The molecule has 94 valence electrons. The molecule has 1 aromatic heterocycles. The molecule has 1 aliphatic rings. The van der Waals surface area contributed by atoms with Crippen LogP contribution in [0.5, 0.6) is 0 Å². The molecule has 0 spiro atoms. The summed E-state index contributed by atoms with van der Waals surface area (Å²) in [7, 11) is 0. The van der Waals surface area contributed by atoms with Crippen molar-refractivity contribution in [3.05, 3.63) is 29.6 Å². The van der Waals surface area contributed by atoms with Gasteiger partial charge in [-0.05, 0) is 37.6 Å². The van der Waals surface area contributed by atoms with E-state index in [1.54, 1.807) is 12.3 Å². The van der Waals surface area contributed by atoms with Crippen molar-refractivity contribution in [3.63, 3.8) is 0 Å². The zero-order valence-corrected chi connectivity index (χ0v) is 10.2. The highest BCUT2D eigenvalue weighted by molar-refractivity contribution is 5.71. The first-order chi connectivity index (χ1) is 8.61. The lowest BCUT2D eigenvalue weighted by molar-refractivity contribution is -0.142. The van der Waals surface area contributed by atoms with Crippen molar-refractivity contribution in [1.29, 1.82) is 5.26 Å². The molecule has 0 radical (unpaired) electrons. The summed E-state index contributed by atoms with van der Waals surface area (Å²) in [4.78, 5) is 17.1. The second-order valence-electron chi connectivity index (χ2n) is 4.61. The summed E-state index contributed by atoms with van der Waals surface area (Å²) in [6, 6.07) is 5.65. The molecule has 1 aliphatic heterocycles. The van der Waals surface area contributed by atoms with E-state index < -0.39 is 5.97 Å². The van der Waals surface area contributed by atoms with Crippen LogP contribution in [0.1, 0.15) is 24.6 Å². The van der Waals surface area contributed by atoms with Crippen molar-refractivity contribution >= 4 is 5.97 Å². The Balaban J connectivity index is 2.06. The quantitative estimate of drug-likeness (QED) is 0.867. The molecule has 18 heavy (non-hydrogen) atoms. The van der Waals surface area contributed by atoms with E-state index in [-0.39, 0.29) is 12.0 Å². The number of carboxylic acid groups (broad SMARTS) is 1. The Morgan fingerprint density at radius 1 is 1.72 bits per heavy atom. The van der Waals surface area contributed by atoms with E-state index in [9.17, 15) is 4.79 Å². The minimum atomic E-state index is -0.725. The predicted octanol–water partition coefficient (Wildman–Crippen LogP) is 1.25. The molecule has 0 aromatic carbocycles. The highest BCUT2D eigenvalue weighted by atomic mass is 16.4. The summed E-state index contributed by atoms with van der Waals surface area (Å²) in [6.45, 7) is 3.39. The molecule has 2 heterocycles. The molecule has 0 aliphatic carbocycles. The van der Waals surface area contributed by atoms with Gasteiger partial charge in [-0.15, -0.1) is 0 Å². The van der Waals surface area contributed by atoms with Gasteiger partial charge in [-0.25, -0.2) is 4.98 Å². The van der Waals surface area contributed by atoms with E-state index in [2.05, 4.69) is 9.88 Å². The van der Waals surface area contributed by atoms with Crippen LogP contribution < -0.4 is 0 Å². The predicted molar refractivity (Wildman–Crippen MR) is 64.6 cm³/mol. The Morgan fingerprint density at radius 3 is 3.11 bits per heavy atom. The average molecular weight is 245 g/mol. The SMILES string of the molecule is CC1C(C(=O)O)CCN1Cc1ccnc(C#N)c1. The Labute approximate surface area is 106 Å². The molecule has 0 saturated carbocycles. The zero-order valence-electron chi connectivity index (χ0n) is 10.2. The topological polar surface area (TPSA) is 77.2 Å². The number of pyridine rings is 1. The molecule has 1 saturated heterocycles. The van der Waals surface area contributed by atoms with Gasteiger partial charge in [-0.1, -0.05) is 0 Å². The molecule has 0 amide bonds. The number of hydrogen-bond acceptors (Lipinski definition) is 4. The number of likely N-dealkylation sites (tertiary alicyclic amines) is 1. The van der Waals surface area contributed by atoms with Gasteiger partial charge in [0.1, 0.15) is 11.8 Å². The van der Waals surface area contributed by atoms with Crippen LogP contribution in [0.2, 0.25) is 0 Å². The summed E-state index contributed by atoms with van der Waals surface area (Å²) in [5.41, 5.74) is 1.40. The Bertz CT molecular complexity index is 495. The van der Waals surface area contributed by atoms with Crippen molar-refractivity contribution in [3.8, 4) is 6.07 Å². The molecular weight excluding hydrogens is 230 g/mol. The number of aliphatic carboxylic acids is 1. The number of carboxylic acids is 1. The van der Waals surface area contributed by atoms with Crippen LogP contribution in [-0.2, 0) is 11.3 Å². The van der Waals surface area contributed by atoms with E-state index in [1.807, 2.05) is 19.1 Å². The lowest BCUT2D eigenvalue weighted by atomic mass is 10.0. The molecule has 0 bridgehead atoms. The first-order valence-electron chi connectivity index (χ1n) is 5.93. The largest absolute Gasteiger partial charge is 0.481 e. The lowest BCUT2D eigenvalue weighted by Crippen LogP contribution is -2.32. The van der Waals surface area contributed by atoms with Crippen molar-refractivity contribution in [2.24, 2.45) is 5.92 Å². The molecular formula is C13H15N3O2. The Morgan fingerprint density at radius 2 is 2.50 bits per heavy atom. The zero-order chi connectivity index (χ0) is 13.1. The molecule has 2 atom stereocenters. The van der Waals surface area contributed by atoms with E-state index in [0.717, 1.165) is 12.1 Å². The Hall–Kier alpha value is -1.93. The summed E-state index contributed by atoms with van der Waals surface area (Å²) in [6.07, 6.45) is 2.30. The molecule has 2 rings (SSSR count). The second kappa shape index (κ2) is 5.15. The number of nitriles is 1. The molecule has 1 fully saturated rings. The number of aromatic nitrogens is 1. The van der Waals surface area contributed by atoms with Gasteiger partial charge in [0, 0.05) is 18.8 Å². The van der Waals surface area contributed by atoms with Crippen LogP contribution in [-0.4, -0.2) is 33.5 Å². The number of hydrogen-bond donors (Lipinski definition) is 1. The fourth-order valence-electron chi connectivity index (χ4n) is 2.43. The second-order valence-corrected chi connectivity index (χ2v) is 4.61. The normalized spacial score (nSPS) is 23.8. The van der Waals surface area contributed by atoms with Crippen LogP contribution in [0, 0.1) is 17.2 Å². The van der Waals surface area contributed by atoms with Crippen LogP contribution in [0.3, 0.4) is 0 Å². The van der Waals surface area contributed by atoms with Crippen LogP contribution >= 0.6 is 0 Å². The van der Waals surface area contributed by atoms with Gasteiger partial charge in [-0.2, -0.15) is 5.26 Å². The smallest absolute Gasteiger partial charge is 0.308 e. The van der Waals surface area contributed by atoms with Gasteiger partial charge in [0.15, 0.2) is 0 Å². The third kappa shape index (κ3) is 2.49. The van der Waals surface area contributed by atoms with Crippen LogP contribution in [0.4, 0.5) is 0 Å². The highest BCUT2D eigenvalue weighted by Crippen LogP contribution is 2.25. The minimum absolute atomic E-state index is 0.0289. The third-order valence-corrected chi connectivity index (χ3v) is 3.53. The average Bonchev–Trinajstić information content (AvgIpc) is 2.71. The maximum atomic E-state index is 11.0. The van der Waals surface area contributed by atoms with Gasteiger partial charge in [0.05, 0.1) is 5.92 Å². The summed E-state index contributed by atoms with van der Waals surface area (Å²) >= 11 is 0. The van der Waals surface area contributed by atoms with E-state index in [1.165, 1.54) is 0 Å². The number of rotatable bonds is 3. The third-order valence-electron chi connectivity index (χ3n) is 3.53. The van der Waals surface area contributed by atoms with E-state index in [4.69, 9.17) is 10.4 Å². The standard InChI is InChI=1S/C13H15N3O2/c1-9-12(13(17)18)3-5-16(9)8-10-2-4-15-11(6-10)7-14/h2,4,6,9,12H,3,5,8H2,1H3,(H,17,18). The van der Waals surface area contributed by atoms with Crippen LogP contribution in [0.25, 0.3) is 0 Å². The van der Waals surface area contributed by atoms with Gasteiger partial charge >= 0.3 is 5.97 Å². The minimum Gasteiger partial charge on any atom is -0.481 e. The summed E-state index contributed by atoms with van der Waals surface area (Å²) in [5.74, 6) is -1.01. The molecule has 1 aromatic rings. The summed E-state index contributed by atoms with van der Waals surface area (Å²) in [5, 5.41) is 17.9. The van der Waals surface area contributed by atoms with Crippen molar-refractivity contribution in [2.45, 2.75) is 25.9 Å². The maximum absolute atomic E-state index is 11.0. The summed E-state index contributed by atoms with van der Waals surface area (Å²) < 4.78 is 0. The lowest BCUT2D eigenvalue weighted by Gasteiger charge is -2.22. The van der Waals surface area contributed by atoms with E-state index >= 15 is 0 Å². The van der Waals surface area contributed by atoms with Crippen molar-refractivity contribution < 1.29 is 9.90 Å². The van der Waals surface area contributed by atoms with Crippen LogP contribution in [0.15, 0.2) is 18.3 Å². The molecule has 5 heteroatoms. The molecule has 5 nitrogen and oxygen atoms in total. The fraction of sp³-hybridized carbons (Fsp3) is 0.462. The molecule has 1 N–H and O–H groups in total. The number of carbonyl (C=O) groups is 1. The van der Waals surface area contributed by atoms with Gasteiger partial charge in [0.2, 0.25) is 0 Å². The maximum Gasteiger partial charge on any atom is 0.308 e.